The van der Waals surface area contributed by atoms with Crippen molar-refractivity contribution in [3.8, 4) is 0 Å². The Morgan fingerprint density at radius 1 is 0.909 bits per heavy atom. The summed E-state index contributed by atoms with van der Waals surface area (Å²) < 4.78 is 0. The van der Waals surface area contributed by atoms with Gasteiger partial charge in [0.25, 0.3) is 0 Å². The summed E-state index contributed by atoms with van der Waals surface area (Å²) in [6.45, 7) is 1.61. The van der Waals surface area contributed by atoms with Gasteiger partial charge in [0.1, 0.15) is 0 Å². The standard InChI is InChI=1S/C18H23NO2.ClH/c1-18(13-20,14-21)19-17(16-10-6-3-7-11-16)12-15-8-4-2-5-9-15;/h2-11,17,19-21H,12-14H2,1H3;1H. The Hall–Kier alpha value is -1.39. The van der Waals surface area contributed by atoms with Gasteiger partial charge in [-0.05, 0) is 24.5 Å². The van der Waals surface area contributed by atoms with Gasteiger partial charge in [-0.3, -0.25) is 0 Å². The first kappa shape index (κ1) is 18.7. The summed E-state index contributed by atoms with van der Waals surface area (Å²) in [5.74, 6) is 0. The first-order chi connectivity index (χ1) is 10.2. The molecule has 0 fully saturated rings. The SMILES string of the molecule is CC(CO)(CO)NC(Cc1ccccc1)c1ccccc1.Cl. The van der Waals surface area contributed by atoms with E-state index in [1.807, 2.05) is 43.3 Å². The van der Waals surface area contributed by atoms with E-state index in [0.29, 0.717) is 0 Å². The van der Waals surface area contributed by atoms with Crippen LogP contribution in [-0.4, -0.2) is 29.0 Å². The second-order valence-electron chi connectivity index (χ2n) is 5.67. The first-order valence-corrected chi connectivity index (χ1v) is 7.25. The molecule has 0 aliphatic carbocycles. The normalized spacial score (nSPS) is 12.5. The third-order valence-corrected chi connectivity index (χ3v) is 3.71. The quantitative estimate of drug-likeness (QED) is 0.735. The molecule has 4 heteroatoms. The average molecular weight is 322 g/mol. The highest BCUT2D eigenvalue weighted by Crippen LogP contribution is 2.21. The topological polar surface area (TPSA) is 52.5 Å². The van der Waals surface area contributed by atoms with Gasteiger partial charge in [0.05, 0.1) is 18.8 Å². The molecule has 0 spiro atoms. The summed E-state index contributed by atoms with van der Waals surface area (Å²) in [5, 5.41) is 22.4. The van der Waals surface area contributed by atoms with E-state index >= 15 is 0 Å². The Kier molecular flexibility index (Phi) is 7.56. The molecule has 2 aromatic rings. The van der Waals surface area contributed by atoms with Crippen LogP contribution in [0, 0.1) is 0 Å². The van der Waals surface area contributed by atoms with Gasteiger partial charge in [-0.25, -0.2) is 0 Å². The summed E-state index contributed by atoms with van der Waals surface area (Å²) in [4.78, 5) is 0. The molecule has 0 amide bonds. The van der Waals surface area contributed by atoms with Gasteiger partial charge in [-0.1, -0.05) is 60.7 Å². The fraction of sp³-hybridized carbons (Fsp3) is 0.333. The zero-order chi connectivity index (χ0) is 15.1. The molecular formula is C18H24ClNO2. The van der Waals surface area contributed by atoms with E-state index in [2.05, 4.69) is 29.6 Å². The van der Waals surface area contributed by atoms with E-state index in [1.54, 1.807) is 0 Å². The maximum absolute atomic E-state index is 9.52. The van der Waals surface area contributed by atoms with Crippen molar-refractivity contribution in [1.82, 2.24) is 5.32 Å². The first-order valence-electron chi connectivity index (χ1n) is 7.25. The molecule has 22 heavy (non-hydrogen) atoms. The molecule has 2 aromatic carbocycles. The van der Waals surface area contributed by atoms with E-state index in [9.17, 15) is 10.2 Å². The fourth-order valence-corrected chi connectivity index (χ4v) is 2.35. The van der Waals surface area contributed by atoms with Crippen LogP contribution < -0.4 is 5.32 Å². The maximum Gasteiger partial charge on any atom is 0.0633 e. The number of benzene rings is 2. The lowest BCUT2D eigenvalue weighted by molar-refractivity contribution is 0.0937. The zero-order valence-corrected chi connectivity index (χ0v) is 13.6. The number of aliphatic hydroxyl groups excluding tert-OH is 2. The summed E-state index contributed by atoms with van der Waals surface area (Å²) >= 11 is 0. The molecule has 2 rings (SSSR count). The zero-order valence-electron chi connectivity index (χ0n) is 12.8. The molecule has 0 aromatic heterocycles. The maximum atomic E-state index is 9.52. The second-order valence-corrected chi connectivity index (χ2v) is 5.67. The monoisotopic (exact) mass is 321 g/mol. The highest BCUT2D eigenvalue weighted by Gasteiger charge is 2.26. The van der Waals surface area contributed by atoms with Crippen LogP contribution >= 0.6 is 12.4 Å². The van der Waals surface area contributed by atoms with Crippen molar-refractivity contribution in [2.75, 3.05) is 13.2 Å². The van der Waals surface area contributed by atoms with Gasteiger partial charge in [0.15, 0.2) is 0 Å². The van der Waals surface area contributed by atoms with Crippen molar-refractivity contribution >= 4 is 12.4 Å². The Bertz CT molecular complexity index is 529. The molecule has 0 aliphatic rings. The molecule has 0 aliphatic heterocycles. The minimum Gasteiger partial charge on any atom is -0.394 e. The van der Waals surface area contributed by atoms with Gasteiger partial charge >= 0.3 is 0 Å². The Balaban J connectivity index is 0.00000242. The lowest BCUT2D eigenvalue weighted by Crippen LogP contribution is -2.50. The number of rotatable bonds is 7. The van der Waals surface area contributed by atoms with Crippen LogP contribution in [-0.2, 0) is 6.42 Å². The second kappa shape index (κ2) is 8.91. The van der Waals surface area contributed by atoms with Gasteiger partial charge in [0, 0.05) is 6.04 Å². The Morgan fingerprint density at radius 3 is 1.91 bits per heavy atom. The van der Waals surface area contributed by atoms with Crippen molar-refractivity contribution < 1.29 is 10.2 Å². The average Bonchev–Trinajstić information content (AvgIpc) is 2.56. The summed E-state index contributed by atoms with van der Waals surface area (Å²) in [6, 6.07) is 20.4. The molecule has 0 saturated carbocycles. The summed E-state index contributed by atoms with van der Waals surface area (Å²) in [5.41, 5.74) is 1.67. The third kappa shape index (κ3) is 5.11. The predicted molar refractivity (Wildman–Crippen MR) is 92.3 cm³/mol. The van der Waals surface area contributed by atoms with Crippen LogP contribution in [0.5, 0.6) is 0 Å². The number of hydrogen-bond donors (Lipinski definition) is 3. The highest BCUT2D eigenvalue weighted by atomic mass is 35.5. The summed E-state index contributed by atoms with van der Waals surface area (Å²) in [7, 11) is 0. The number of halogens is 1. The molecule has 0 radical (unpaired) electrons. The van der Waals surface area contributed by atoms with Gasteiger partial charge in [-0.2, -0.15) is 0 Å². The lowest BCUT2D eigenvalue weighted by atomic mass is 9.95. The van der Waals surface area contributed by atoms with Crippen molar-refractivity contribution in [2.45, 2.75) is 24.9 Å². The van der Waals surface area contributed by atoms with Crippen LogP contribution in [0.15, 0.2) is 60.7 Å². The van der Waals surface area contributed by atoms with Crippen LogP contribution in [0.1, 0.15) is 24.1 Å². The van der Waals surface area contributed by atoms with Crippen LogP contribution in [0.3, 0.4) is 0 Å². The van der Waals surface area contributed by atoms with Crippen molar-refractivity contribution in [3.05, 3.63) is 71.8 Å². The number of hydrogen-bond acceptors (Lipinski definition) is 3. The van der Waals surface area contributed by atoms with E-state index in [1.165, 1.54) is 5.56 Å². The largest absolute Gasteiger partial charge is 0.394 e. The van der Waals surface area contributed by atoms with Crippen molar-refractivity contribution in [3.63, 3.8) is 0 Å². The number of nitrogens with one attached hydrogen (secondary N) is 1. The van der Waals surface area contributed by atoms with Gasteiger partial charge < -0.3 is 15.5 Å². The van der Waals surface area contributed by atoms with E-state index in [4.69, 9.17) is 0 Å². The molecule has 0 heterocycles. The van der Waals surface area contributed by atoms with E-state index < -0.39 is 5.54 Å². The van der Waals surface area contributed by atoms with Crippen LogP contribution in [0.4, 0.5) is 0 Å². The third-order valence-electron chi connectivity index (χ3n) is 3.71. The van der Waals surface area contributed by atoms with Gasteiger partial charge in [-0.15, -0.1) is 12.4 Å². The molecule has 3 nitrogen and oxygen atoms in total. The minimum atomic E-state index is -0.699. The molecule has 1 atom stereocenters. The lowest BCUT2D eigenvalue weighted by Gasteiger charge is -2.32. The van der Waals surface area contributed by atoms with E-state index in [-0.39, 0.29) is 31.7 Å². The Labute approximate surface area is 138 Å². The van der Waals surface area contributed by atoms with Crippen molar-refractivity contribution in [1.29, 1.82) is 0 Å². The minimum absolute atomic E-state index is 0. The predicted octanol–water partition coefficient (Wildman–Crippen LogP) is 2.73. The number of aliphatic hydroxyl groups is 2. The smallest absolute Gasteiger partial charge is 0.0633 e. The molecule has 1 unspecified atom stereocenters. The molecule has 3 N–H and O–H groups in total. The molecular weight excluding hydrogens is 298 g/mol. The van der Waals surface area contributed by atoms with Crippen LogP contribution in [0.25, 0.3) is 0 Å². The van der Waals surface area contributed by atoms with Gasteiger partial charge in [0.2, 0.25) is 0 Å². The molecule has 0 bridgehead atoms. The van der Waals surface area contributed by atoms with Crippen LogP contribution in [0.2, 0.25) is 0 Å². The van der Waals surface area contributed by atoms with E-state index in [0.717, 1.165) is 12.0 Å². The summed E-state index contributed by atoms with van der Waals surface area (Å²) in [6.07, 6.45) is 0.806. The van der Waals surface area contributed by atoms with Crippen molar-refractivity contribution in [2.24, 2.45) is 0 Å². The highest BCUT2D eigenvalue weighted by molar-refractivity contribution is 5.85. The Morgan fingerprint density at radius 2 is 1.41 bits per heavy atom. The fourth-order valence-electron chi connectivity index (χ4n) is 2.35. The molecule has 120 valence electrons. The molecule has 0 saturated heterocycles.